The topological polar surface area (TPSA) is 67.6 Å². The van der Waals surface area contributed by atoms with Crippen LogP contribution in [0.25, 0.3) is 0 Å². The number of nitro groups is 1. The summed E-state index contributed by atoms with van der Waals surface area (Å²) in [4.78, 5) is 13.0. The third-order valence-electron chi connectivity index (χ3n) is 2.98. The number of hydrogen-bond acceptors (Lipinski definition) is 5. The summed E-state index contributed by atoms with van der Waals surface area (Å²) in [5.41, 5.74) is 0.711. The molecular formula is C13H19N3O3. The summed E-state index contributed by atoms with van der Waals surface area (Å²) in [6, 6.07) is 5.25. The van der Waals surface area contributed by atoms with Gasteiger partial charge in [0.1, 0.15) is 5.69 Å². The zero-order valence-electron chi connectivity index (χ0n) is 11.3. The second-order valence-corrected chi connectivity index (χ2v) is 4.78. The predicted molar refractivity (Wildman–Crippen MR) is 73.9 cm³/mol. The highest BCUT2D eigenvalue weighted by atomic mass is 16.6. The Morgan fingerprint density at radius 3 is 2.63 bits per heavy atom. The first-order valence-corrected chi connectivity index (χ1v) is 6.49. The van der Waals surface area contributed by atoms with Gasteiger partial charge >= 0.3 is 5.69 Å². The molecule has 0 bridgehead atoms. The SMILES string of the molecule is CC(C)Oc1cccc(N2CCNCC2)c1[N+](=O)[O-]. The summed E-state index contributed by atoms with van der Waals surface area (Å²) >= 11 is 0. The highest BCUT2D eigenvalue weighted by molar-refractivity contribution is 5.70. The molecule has 1 fully saturated rings. The minimum Gasteiger partial charge on any atom is -0.484 e. The van der Waals surface area contributed by atoms with Crippen LogP contribution in [0.15, 0.2) is 18.2 Å². The molecule has 1 heterocycles. The molecule has 104 valence electrons. The van der Waals surface area contributed by atoms with Gasteiger partial charge in [0.05, 0.1) is 11.0 Å². The van der Waals surface area contributed by atoms with E-state index in [0.29, 0.717) is 11.4 Å². The van der Waals surface area contributed by atoms with E-state index in [2.05, 4.69) is 5.32 Å². The van der Waals surface area contributed by atoms with Crippen LogP contribution < -0.4 is 15.0 Å². The van der Waals surface area contributed by atoms with E-state index in [4.69, 9.17) is 4.74 Å². The van der Waals surface area contributed by atoms with Gasteiger partial charge in [-0.25, -0.2) is 0 Å². The van der Waals surface area contributed by atoms with Crippen molar-refractivity contribution in [2.75, 3.05) is 31.1 Å². The molecule has 0 aliphatic carbocycles. The molecule has 1 aromatic rings. The van der Waals surface area contributed by atoms with E-state index in [0.717, 1.165) is 26.2 Å². The van der Waals surface area contributed by atoms with Crippen LogP contribution >= 0.6 is 0 Å². The van der Waals surface area contributed by atoms with Gasteiger partial charge in [-0.05, 0) is 26.0 Å². The number of hydrogen-bond donors (Lipinski definition) is 1. The maximum atomic E-state index is 11.3. The van der Waals surface area contributed by atoms with Gasteiger partial charge in [0.15, 0.2) is 5.75 Å². The summed E-state index contributed by atoms with van der Waals surface area (Å²) in [5, 5.41) is 14.6. The Morgan fingerprint density at radius 2 is 2.05 bits per heavy atom. The van der Waals surface area contributed by atoms with Crippen molar-refractivity contribution in [2.24, 2.45) is 0 Å². The van der Waals surface area contributed by atoms with Gasteiger partial charge in [0, 0.05) is 26.2 Å². The average Bonchev–Trinajstić information content (AvgIpc) is 2.38. The average molecular weight is 265 g/mol. The molecule has 2 rings (SSSR count). The summed E-state index contributed by atoms with van der Waals surface area (Å²) in [6.45, 7) is 6.94. The molecule has 6 heteroatoms. The Morgan fingerprint density at radius 1 is 1.37 bits per heavy atom. The van der Waals surface area contributed by atoms with E-state index >= 15 is 0 Å². The van der Waals surface area contributed by atoms with Crippen molar-refractivity contribution in [1.29, 1.82) is 0 Å². The fraction of sp³-hybridized carbons (Fsp3) is 0.538. The zero-order chi connectivity index (χ0) is 13.8. The van der Waals surface area contributed by atoms with E-state index in [1.165, 1.54) is 0 Å². The molecule has 0 unspecified atom stereocenters. The van der Waals surface area contributed by atoms with Crippen LogP contribution in [0.3, 0.4) is 0 Å². The fourth-order valence-electron chi connectivity index (χ4n) is 2.20. The molecule has 0 radical (unpaired) electrons. The Balaban J connectivity index is 2.38. The number of rotatable bonds is 4. The lowest BCUT2D eigenvalue weighted by Gasteiger charge is -2.29. The monoisotopic (exact) mass is 265 g/mol. The molecule has 0 aromatic heterocycles. The molecule has 1 aromatic carbocycles. The van der Waals surface area contributed by atoms with Crippen molar-refractivity contribution < 1.29 is 9.66 Å². The molecule has 0 amide bonds. The minimum atomic E-state index is -0.352. The lowest BCUT2D eigenvalue weighted by Crippen LogP contribution is -2.43. The first-order chi connectivity index (χ1) is 9.09. The number of piperazine rings is 1. The molecule has 19 heavy (non-hydrogen) atoms. The van der Waals surface area contributed by atoms with Gasteiger partial charge in [-0.2, -0.15) is 0 Å². The van der Waals surface area contributed by atoms with Crippen molar-refractivity contribution in [3.8, 4) is 5.75 Å². The highest BCUT2D eigenvalue weighted by Crippen LogP contribution is 2.37. The van der Waals surface area contributed by atoms with E-state index in [1.54, 1.807) is 12.1 Å². The van der Waals surface area contributed by atoms with Crippen LogP contribution in [0.4, 0.5) is 11.4 Å². The molecular weight excluding hydrogens is 246 g/mol. The lowest BCUT2D eigenvalue weighted by molar-refractivity contribution is -0.385. The van der Waals surface area contributed by atoms with Gasteiger partial charge < -0.3 is 15.0 Å². The van der Waals surface area contributed by atoms with Crippen molar-refractivity contribution >= 4 is 11.4 Å². The number of nitrogens with zero attached hydrogens (tertiary/aromatic N) is 2. The zero-order valence-corrected chi connectivity index (χ0v) is 11.3. The lowest BCUT2D eigenvalue weighted by atomic mass is 10.2. The summed E-state index contributed by atoms with van der Waals surface area (Å²) < 4.78 is 5.55. The maximum absolute atomic E-state index is 11.3. The number of para-hydroxylation sites is 1. The normalized spacial score (nSPS) is 15.6. The van der Waals surface area contributed by atoms with Gasteiger partial charge in [0.2, 0.25) is 0 Å². The number of nitro benzene ring substituents is 1. The van der Waals surface area contributed by atoms with Gasteiger partial charge in [-0.1, -0.05) is 6.07 Å². The van der Waals surface area contributed by atoms with Crippen molar-refractivity contribution in [3.05, 3.63) is 28.3 Å². The van der Waals surface area contributed by atoms with Crippen LogP contribution in [0.1, 0.15) is 13.8 Å². The van der Waals surface area contributed by atoms with E-state index in [-0.39, 0.29) is 16.7 Å². The quantitative estimate of drug-likeness (QED) is 0.664. The highest BCUT2D eigenvalue weighted by Gasteiger charge is 2.26. The largest absolute Gasteiger partial charge is 0.484 e. The van der Waals surface area contributed by atoms with Crippen molar-refractivity contribution in [2.45, 2.75) is 20.0 Å². The standard InChI is InChI=1S/C13H19N3O3/c1-10(2)19-12-5-3-4-11(13(12)16(17)18)15-8-6-14-7-9-15/h3-5,10,14H,6-9H2,1-2H3. The molecule has 1 aliphatic heterocycles. The first-order valence-electron chi connectivity index (χ1n) is 6.49. The smallest absolute Gasteiger partial charge is 0.333 e. The second kappa shape index (κ2) is 5.88. The van der Waals surface area contributed by atoms with Gasteiger partial charge in [-0.15, -0.1) is 0 Å². The van der Waals surface area contributed by atoms with Crippen LogP contribution in [0.5, 0.6) is 5.75 Å². The predicted octanol–water partition coefficient (Wildman–Crippen LogP) is 1.79. The fourth-order valence-corrected chi connectivity index (χ4v) is 2.20. The molecule has 0 atom stereocenters. The second-order valence-electron chi connectivity index (χ2n) is 4.78. The molecule has 1 aliphatic rings. The van der Waals surface area contributed by atoms with E-state index in [9.17, 15) is 10.1 Å². The minimum absolute atomic E-state index is 0.0677. The number of benzene rings is 1. The Kier molecular flexibility index (Phi) is 4.21. The molecule has 1 saturated heterocycles. The summed E-state index contributed by atoms with van der Waals surface area (Å²) in [7, 11) is 0. The van der Waals surface area contributed by atoms with Crippen LogP contribution in [0, 0.1) is 10.1 Å². The van der Waals surface area contributed by atoms with Crippen molar-refractivity contribution in [1.82, 2.24) is 5.32 Å². The number of nitrogens with one attached hydrogen (secondary N) is 1. The van der Waals surface area contributed by atoms with Crippen LogP contribution in [-0.4, -0.2) is 37.2 Å². The Bertz CT molecular complexity index is 456. The third-order valence-corrected chi connectivity index (χ3v) is 2.98. The van der Waals surface area contributed by atoms with Gasteiger partial charge in [0.25, 0.3) is 0 Å². The van der Waals surface area contributed by atoms with Gasteiger partial charge in [-0.3, -0.25) is 10.1 Å². The van der Waals surface area contributed by atoms with E-state index in [1.807, 2.05) is 24.8 Å². The maximum Gasteiger partial charge on any atom is 0.333 e. The third kappa shape index (κ3) is 3.14. The molecule has 1 N–H and O–H groups in total. The Labute approximate surface area is 112 Å². The summed E-state index contributed by atoms with van der Waals surface area (Å²) in [5.74, 6) is 0.344. The number of anilines is 1. The first kappa shape index (κ1) is 13.6. The van der Waals surface area contributed by atoms with Crippen molar-refractivity contribution in [3.63, 3.8) is 0 Å². The van der Waals surface area contributed by atoms with E-state index < -0.39 is 0 Å². The van der Waals surface area contributed by atoms with Crippen LogP contribution in [0.2, 0.25) is 0 Å². The van der Waals surface area contributed by atoms with Crippen LogP contribution in [-0.2, 0) is 0 Å². The number of ether oxygens (including phenoxy) is 1. The Hall–Kier alpha value is -1.82. The summed E-state index contributed by atoms with van der Waals surface area (Å²) in [6.07, 6.45) is -0.0861. The molecule has 0 saturated carbocycles. The molecule has 0 spiro atoms. The molecule has 6 nitrogen and oxygen atoms in total.